The van der Waals surface area contributed by atoms with E-state index in [1.807, 2.05) is 18.7 Å². The Morgan fingerprint density at radius 3 is 2.45 bits per heavy atom. The zero-order valence-electron chi connectivity index (χ0n) is 17.6. The summed E-state index contributed by atoms with van der Waals surface area (Å²) in [4.78, 5) is 25.2. The van der Waals surface area contributed by atoms with Gasteiger partial charge in [0.15, 0.2) is 23.3 Å². The number of carbonyl (C=O) groups is 1. The predicted octanol–water partition coefficient (Wildman–Crippen LogP) is 3.73. The summed E-state index contributed by atoms with van der Waals surface area (Å²) in [7, 11) is 0. The van der Waals surface area contributed by atoms with Crippen LogP contribution in [0.4, 0.5) is 24.7 Å². The summed E-state index contributed by atoms with van der Waals surface area (Å²) in [6, 6.07) is 1.72. The molecule has 6 nitrogen and oxygen atoms in total. The minimum Gasteiger partial charge on any atom is -0.493 e. The molecule has 1 saturated carbocycles. The highest BCUT2D eigenvalue weighted by Crippen LogP contribution is 2.37. The number of benzene rings is 1. The molecule has 4 rings (SSSR count). The Bertz CT molecular complexity index is 958. The van der Waals surface area contributed by atoms with Crippen LogP contribution in [0.1, 0.15) is 32.5 Å². The molecule has 2 aromatic rings. The molecular formula is C22H25F3N4O2. The van der Waals surface area contributed by atoms with E-state index < -0.39 is 17.5 Å². The standard InChI is InChI=1S/C22H25F3N4O2/c1-3-28-11-20(30)29(4-2)18-10-26-19(27-22(18)28)7-13-5-14(6-13)12-31-15-8-16(23)21(25)17(24)9-15/h8-10,13-14H,3-7,11-12H2,1-2H3. The average Bonchev–Trinajstić information content (AvgIpc) is 2.72. The van der Waals surface area contributed by atoms with E-state index in [0.29, 0.717) is 32.2 Å². The number of anilines is 2. The average molecular weight is 434 g/mol. The first-order valence-electron chi connectivity index (χ1n) is 10.6. The molecule has 0 atom stereocenters. The largest absolute Gasteiger partial charge is 0.493 e. The van der Waals surface area contributed by atoms with E-state index >= 15 is 0 Å². The van der Waals surface area contributed by atoms with Gasteiger partial charge in [-0.3, -0.25) is 4.79 Å². The highest BCUT2D eigenvalue weighted by molar-refractivity contribution is 6.02. The van der Waals surface area contributed by atoms with Gasteiger partial charge in [0.05, 0.1) is 19.3 Å². The van der Waals surface area contributed by atoms with Crippen LogP contribution < -0.4 is 14.5 Å². The van der Waals surface area contributed by atoms with Crippen LogP contribution in [0, 0.1) is 29.3 Å². The molecule has 1 aromatic carbocycles. The third-order valence-electron chi connectivity index (χ3n) is 5.96. The van der Waals surface area contributed by atoms with Crippen molar-refractivity contribution in [3.63, 3.8) is 0 Å². The summed E-state index contributed by atoms with van der Waals surface area (Å²) in [5.74, 6) is -1.75. The minimum absolute atomic E-state index is 0.00690. The van der Waals surface area contributed by atoms with Crippen molar-refractivity contribution in [2.75, 3.05) is 36.0 Å². The molecule has 2 heterocycles. The second-order valence-corrected chi connectivity index (χ2v) is 8.07. The molecule has 2 aliphatic rings. The number of nitrogens with zero attached hydrogens (tertiary/aromatic N) is 4. The second-order valence-electron chi connectivity index (χ2n) is 8.07. The van der Waals surface area contributed by atoms with Crippen molar-refractivity contribution in [1.82, 2.24) is 9.97 Å². The fraction of sp³-hybridized carbons (Fsp3) is 0.500. The molecule has 1 aliphatic carbocycles. The zero-order chi connectivity index (χ0) is 22.1. The number of ether oxygens (including phenoxy) is 1. The van der Waals surface area contributed by atoms with E-state index in [1.165, 1.54) is 0 Å². The Kier molecular flexibility index (Phi) is 6.02. The van der Waals surface area contributed by atoms with Crippen LogP contribution in [0.2, 0.25) is 0 Å². The molecule has 0 spiro atoms. The molecule has 0 unspecified atom stereocenters. The fourth-order valence-electron chi connectivity index (χ4n) is 4.25. The van der Waals surface area contributed by atoms with E-state index in [4.69, 9.17) is 9.72 Å². The number of rotatable bonds is 7. The lowest BCUT2D eigenvalue weighted by Crippen LogP contribution is -2.46. The summed E-state index contributed by atoms with van der Waals surface area (Å²) in [5, 5.41) is 0. The van der Waals surface area contributed by atoms with Crippen molar-refractivity contribution in [3.05, 3.63) is 41.6 Å². The fourth-order valence-corrected chi connectivity index (χ4v) is 4.25. The third kappa shape index (κ3) is 4.31. The maximum Gasteiger partial charge on any atom is 0.246 e. The number of halogens is 3. The van der Waals surface area contributed by atoms with Gasteiger partial charge in [0.2, 0.25) is 5.91 Å². The number of carbonyl (C=O) groups excluding carboxylic acids is 1. The molecule has 0 N–H and O–H groups in total. The van der Waals surface area contributed by atoms with Crippen molar-refractivity contribution in [2.24, 2.45) is 11.8 Å². The summed E-state index contributed by atoms with van der Waals surface area (Å²) in [5.41, 5.74) is 0.753. The van der Waals surface area contributed by atoms with Gasteiger partial charge in [-0.2, -0.15) is 0 Å². The molecule has 9 heteroatoms. The summed E-state index contributed by atoms with van der Waals surface area (Å²) in [6.07, 6.45) is 4.24. The molecule has 0 bridgehead atoms. The molecule has 1 aromatic heterocycles. The molecule has 31 heavy (non-hydrogen) atoms. The van der Waals surface area contributed by atoms with Crippen LogP contribution in [-0.4, -0.2) is 42.1 Å². The predicted molar refractivity (Wildman–Crippen MR) is 110 cm³/mol. The van der Waals surface area contributed by atoms with Gasteiger partial charge in [0.25, 0.3) is 0 Å². The molecule has 166 valence electrons. The summed E-state index contributed by atoms with van der Waals surface area (Å²) >= 11 is 0. The highest BCUT2D eigenvalue weighted by atomic mass is 19.2. The van der Waals surface area contributed by atoms with Crippen LogP contribution in [-0.2, 0) is 11.2 Å². The Balaban J connectivity index is 1.33. The summed E-state index contributed by atoms with van der Waals surface area (Å²) in [6.45, 7) is 5.85. The molecule has 1 amide bonds. The number of hydrogen-bond acceptors (Lipinski definition) is 5. The van der Waals surface area contributed by atoms with Crippen LogP contribution in [0.3, 0.4) is 0 Å². The van der Waals surface area contributed by atoms with Gasteiger partial charge in [-0.05, 0) is 38.5 Å². The maximum absolute atomic E-state index is 13.3. The van der Waals surface area contributed by atoms with Crippen molar-refractivity contribution in [1.29, 1.82) is 0 Å². The zero-order valence-corrected chi connectivity index (χ0v) is 17.6. The lowest BCUT2D eigenvalue weighted by molar-refractivity contribution is -0.117. The van der Waals surface area contributed by atoms with Crippen LogP contribution in [0.25, 0.3) is 0 Å². The molecule has 1 fully saturated rings. The molecular weight excluding hydrogens is 409 g/mol. The number of amides is 1. The van der Waals surface area contributed by atoms with Gasteiger partial charge < -0.3 is 14.5 Å². The second kappa shape index (κ2) is 8.72. The normalized spacial score (nSPS) is 20.5. The summed E-state index contributed by atoms with van der Waals surface area (Å²) < 4.78 is 45.0. The first kappa shape index (κ1) is 21.4. The molecule has 1 aliphatic heterocycles. The quantitative estimate of drug-likeness (QED) is 0.622. The van der Waals surface area contributed by atoms with E-state index in [-0.39, 0.29) is 17.6 Å². The minimum atomic E-state index is -1.49. The maximum atomic E-state index is 13.3. The topological polar surface area (TPSA) is 58.6 Å². The van der Waals surface area contributed by atoms with Gasteiger partial charge in [0, 0.05) is 31.6 Å². The first-order valence-corrected chi connectivity index (χ1v) is 10.6. The number of hydrogen-bond donors (Lipinski definition) is 0. The molecule has 0 radical (unpaired) electrons. The van der Waals surface area contributed by atoms with Crippen LogP contribution >= 0.6 is 0 Å². The Morgan fingerprint density at radius 2 is 1.81 bits per heavy atom. The van der Waals surface area contributed by atoms with Crippen molar-refractivity contribution in [3.8, 4) is 5.75 Å². The SMILES string of the molecule is CCN1CC(=O)N(CC)c2cnc(CC3CC(COc4cc(F)c(F)c(F)c4)C3)nc21. The number of aromatic nitrogens is 2. The highest BCUT2D eigenvalue weighted by Gasteiger charge is 2.33. The van der Waals surface area contributed by atoms with Gasteiger partial charge in [-0.15, -0.1) is 0 Å². The van der Waals surface area contributed by atoms with Crippen molar-refractivity contribution < 1.29 is 22.7 Å². The van der Waals surface area contributed by atoms with Crippen molar-refractivity contribution >= 4 is 17.4 Å². The van der Waals surface area contributed by atoms with Gasteiger partial charge in [0.1, 0.15) is 17.3 Å². The third-order valence-corrected chi connectivity index (χ3v) is 5.96. The van der Waals surface area contributed by atoms with Gasteiger partial charge in [-0.1, -0.05) is 0 Å². The van der Waals surface area contributed by atoms with Gasteiger partial charge in [-0.25, -0.2) is 23.1 Å². The lowest BCUT2D eigenvalue weighted by atomic mass is 9.73. The number of likely N-dealkylation sites (N-methyl/N-ethyl adjacent to an activating group) is 2. The van der Waals surface area contributed by atoms with E-state index in [1.54, 1.807) is 11.1 Å². The first-order chi connectivity index (χ1) is 14.9. The lowest BCUT2D eigenvalue weighted by Gasteiger charge is -2.36. The monoisotopic (exact) mass is 434 g/mol. The Hall–Kier alpha value is -2.84. The van der Waals surface area contributed by atoms with Gasteiger partial charge >= 0.3 is 0 Å². The van der Waals surface area contributed by atoms with Crippen LogP contribution in [0.15, 0.2) is 18.3 Å². The number of fused-ring (bicyclic) bond motifs is 1. The smallest absolute Gasteiger partial charge is 0.246 e. The van der Waals surface area contributed by atoms with E-state index in [9.17, 15) is 18.0 Å². The van der Waals surface area contributed by atoms with Crippen LogP contribution in [0.5, 0.6) is 5.75 Å². The van der Waals surface area contributed by atoms with E-state index in [0.717, 1.165) is 48.7 Å². The van der Waals surface area contributed by atoms with E-state index in [2.05, 4.69) is 4.98 Å². The Labute approximate surface area is 179 Å². The van der Waals surface area contributed by atoms with Crippen molar-refractivity contribution in [2.45, 2.75) is 33.1 Å². The molecule has 0 saturated heterocycles. The Morgan fingerprint density at radius 1 is 1.10 bits per heavy atom.